The van der Waals surface area contributed by atoms with Gasteiger partial charge in [0.05, 0.1) is 0 Å². The number of halogens is 2. The maximum absolute atomic E-state index is 12.4. The molecular formula is C10H10F2O4. The Labute approximate surface area is 90.8 Å². The molecule has 0 rings (SSSR count). The van der Waals surface area contributed by atoms with Crippen LogP contribution in [0.15, 0.2) is 37.5 Å². The Morgan fingerprint density at radius 3 is 1.50 bits per heavy atom. The predicted molar refractivity (Wildman–Crippen MR) is 51.5 cm³/mol. The van der Waals surface area contributed by atoms with Crippen LogP contribution in [0.4, 0.5) is 8.78 Å². The molecule has 0 aromatic carbocycles. The van der Waals surface area contributed by atoms with Gasteiger partial charge >= 0.3 is 11.9 Å². The first kappa shape index (κ1) is 14.0. The van der Waals surface area contributed by atoms with Crippen molar-refractivity contribution in [3.05, 3.63) is 37.5 Å². The second-order valence-corrected chi connectivity index (χ2v) is 2.38. The molecule has 2 unspecified atom stereocenters. The third kappa shape index (κ3) is 6.47. The van der Waals surface area contributed by atoms with Gasteiger partial charge in [-0.15, -0.1) is 0 Å². The SMILES string of the molecule is C=CC(F)OC(=O)/C=C/C(=O)OC(F)C=C. The summed E-state index contributed by atoms with van der Waals surface area (Å²) in [5.74, 6) is -2.23. The van der Waals surface area contributed by atoms with Gasteiger partial charge in [0.1, 0.15) is 0 Å². The summed E-state index contributed by atoms with van der Waals surface area (Å²) in [7, 11) is 0. The minimum absolute atomic E-state index is 0.605. The molecule has 0 saturated heterocycles. The lowest BCUT2D eigenvalue weighted by Crippen LogP contribution is -2.11. The zero-order chi connectivity index (χ0) is 12.6. The van der Waals surface area contributed by atoms with E-state index in [4.69, 9.17) is 0 Å². The van der Waals surface area contributed by atoms with E-state index >= 15 is 0 Å². The second kappa shape index (κ2) is 7.33. The summed E-state index contributed by atoms with van der Waals surface area (Å²) in [5, 5.41) is 0. The molecule has 0 amide bonds. The molecule has 0 fully saturated rings. The van der Waals surface area contributed by atoms with Gasteiger partial charge in [0.2, 0.25) is 0 Å². The van der Waals surface area contributed by atoms with Crippen LogP contribution in [0.5, 0.6) is 0 Å². The van der Waals surface area contributed by atoms with Crippen LogP contribution >= 0.6 is 0 Å². The van der Waals surface area contributed by atoms with Crippen molar-refractivity contribution in [1.82, 2.24) is 0 Å². The topological polar surface area (TPSA) is 52.6 Å². The van der Waals surface area contributed by atoms with Gasteiger partial charge < -0.3 is 9.47 Å². The largest absolute Gasteiger partial charge is 0.424 e. The van der Waals surface area contributed by atoms with Crippen LogP contribution < -0.4 is 0 Å². The lowest BCUT2D eigenvalue weighted by molar-refractivity contribution is -0.150. The minimum atomic E-state index is -1.96. The molecule has 0 spiro atoms. The van der Waals surface area contributed by atoms with E-state index in [1.54, 1.807) is 0 Å². The van der Waals surface area contributed by atoms with E-state index in [0.717, 1.165) is 12.2 Å². The zero-order valence-electron chi connectivity index (χ0n) is 8.27. The van der Waals surface area contributed by atoms with Crippen molar-refractivity contribution in [3.8, 4) is 0 Å². The summed E-state index contributed by atoms with van der Waals surface area (Å²) < 4.78 is 32.9. The third-order valence-electron chi connectivity index (χ3n) is 1.18. The molecule has 0 saturated carbocycles. The highest BCUT2D eigenvalue weighted by molar-refractivity contribution is 5.91. The van der Waals surface area contributed by atoms with Crippen molar-refractivity contribution in [3.63, 3.8) is 0 Å². The number of hydrogen-bond donors (Lipinski definition) is 0. The molecule has 6 heteroatoms. The molecule has 0 heterocycles. The van der Waals surface area contributed by atoms with Crippen molar-refractivity contribution in [2.45, 2.75) is 12.7 Å². The molecule has 2 atom stereocenters. The summed E-state index contributed by atoms with van der Waals surface area (Å²) in [6.45, 7) is 6.06. The minimum Gasteiger partial charge on any atom is -0.424 e. The number of esters is 2. The van der Waals surface area contributed by atoms with Crippen molar-refractivity contribution >= 4 is 11.9 Å². The van der Waals surface area contributed by atoms with Crippen LogP contribution in [0.3, 0.4) is 0 Å². The van der Waals surface area contributed by atoms with Crippen LogP contribution in [0, 0.1) is 0 Å². The Bertz CT molecular complexity index is 282. The van der Waals surface area contributed by atoms with E-state index in [1.165, 1.54) is 0 Å². The molecular weight excluding hydrogens is 222 g/mol. The smallest absolute Gasteiger partial charge is 0.333 e. The highest BCUT2D eigenvalue weighted by Crippen LogP contribution is 1.98. The molecule has 0 aliphatic heterocycles. The summed E-state index contributed by atoms with van der Waals surface area (Å²) in [5.41, 5.74) is 0. The zero-order valence-corrected chi connectivity index (χ0v) is 8.27. The van der Waals surface area contributed by atoms with E-state index in [-0.39, 0.29) is 0 Å². The molecule has 4 nitrogen and oxygen atoms in total. The summed E-state index contributed by atoms with van der Waals surface area (Å²) in [4.78, 5) is 21.5. The number of ether oxygens (including phenoxy) is 2. The van der Waals surface area contributed by atoms with E-state index < -0.39 is 24.7 Å². The molecule has 0 aromatic rings. The van der Waals surface area contributed by atoms with Crippen LogP contribution in [0.2, 0.25) is 0 Å². The number of carbonyl (C=O) groups excluding carboxylic acids is 2. The highest BCUT2D eigenvalue weighted by atomic mass is 19.1. The van der Waals surface area contributed by atoms with Crippen molar-refractivity contribution in [2.75, 3.05) is 0 Å². The number of alkyl halides is 2. The Morgan fingerprint density at radius 2 is 1.25 bits per heavy atom. The average molecular weight is 232 g/mol. The fourth-order valence-corrected chi connectivity index (χ4v) is 0.533. The van der Waals surface area contributed by atoms with Gasteiger partial charge in [-0.3, -0.25) is 0 Å². The van der Waals surface area contributed by atoms with Gasteiger partial charge in [0.15, 0.2) is 0 Å². The van der Waals surface area contributed by atoms with Crippen LogP contribution in [0.25, 0.3) is 0 Å². The van der Waals surface area contributed by atoms with E-state index in [0.29, 0.717) is 12.2 Å². The summed E-state index contributed by atoms with van der Waals surface area (Å²) in [6.07, 6.45) is -1.22. The summed E-state index contributed by atoms with van der Waals surface area (Å²) in [6, 6.07) is 0. The molecule has 0 aromatic heterocycles. The number of rotatable bonds is 6. The van der Waals surface area contributed by atoms with Crippen molar-refractivity contribution in [1.29, 1.82) is 0 Å². The first-order valence-electron chi connectivity index (χ1n) is 4.12. The summed E-state index contributed by atoms with van der Waals surface area (Å²) >= 11 is 0. The van der Waals surface area contributed by atoms with Crippen LogP contribution in [-0.2, 0) is 19.1 Å². The quantitative estimate of drug-likeness (QED) is 0.396. The molecule has 16 heavy (non-hydrogen) atoms. The first-order valence-corrected chi connectivity index (χ1v) is 4.12. The normalized spacial score (nSPS) is 13.9. The van der Waals surface area contributed by atoms with Crippen molar-refractivity contribution in [2.24, 2.45) is 0 Å². The van der Waals surface area contributed by atoms with Gasteiger partial charge in [-0.05, 0) is 12.2 Å². The standard InChI is InChI=1S/C10H10F2O4/c1-3-7(11)15-9(13)5-6-10(14)16-8(12)4-2/h3-8H,1-2H2/b6-5+. The van der Waals surface area contributed by atoms with Gasteiger partial charge in [-0.1, -0.05) is 13.2 Å². The monoisotopic (exact) mass is 232 g/mol. The second-order valence-electron chi connectivity index (χ2n) is 2.38. The predicted octanol–water partition coefficient (Wildman–Crippen LogP) is 1.59. The maximum atomic E-state index is 12.4. The first-order chi connectivity index (χ1) is 7.49. The average Bonchev–Trinajstić information content (AvgIpc) is 2.26. The van der Waals surface area contributed by atoms with Gasteiger partial charge in [-0.25, -0.2) is 9.59 Å². The van der Waals surface area contributed by atoms with Crippen molar-refractivity contribution < 1.29 is 27.8 Å². The van der Waals surface area contributed by atoms with Gasteiger partial charge in [-0.2, -0.15) is 8.78 Å². The Kier molecular flexibility index (Phi) is 6.42. The fourth-order valence-electron chi connectivity index (χ4n) is 0.533. The highest BCUT2D eigenvalue weighted by Gasteiger charge is 2.08. The lowest BCUT2D eigenvalue weighted by Gasteiger charge is -2.03. The van der Waals surface area contributed by atoms with Crippen LogP contribution in [0.1, 0.15) is 0 Å². The molecule has 0 aliphatic carbocycles. The lowest BCUT2D eigenvalue weighted by atomic mass is 10.5. The Balaban J connectivity index is 4.07. The Morgan fingerprint density at radius 1 is 0.938 bits per heavy atom. The number of hydrogen-bond acceptors (Lipinski definition) is 4. The molecule has 0 aliphatic rings. The number of carbonyl (C=O) groups is 2. The van der Waals surface area contributed by atoms with E-state index in [9.17, 15) is 18.4 Å². The third-order valence-corrected chi connectivity index (χ3v) is 1.18. The maximum Gasteiger partial charge on any atom is 0.333 e. The fraction of sp³-hybridized carbons (Fsp3) is 0.200. The molecule has 0 radical (unpaired) electrons. The molecule has 0 bridgehead atoms. The molecule has 88 valence electrons. The van der Waals surface area contributed by atoms with E-state index in [2.05, 4.69) is 22.6 Å². The molecule has 0 N–H and O–H groups in total. The van der Waals surface area contributed by atoms with E-state index in [1.807, 2.05) is 0 Å². The Hall–Kier alpha value is -1.98. The van der Waals surface area contributed by atoms with Gasteiger partial charge in [0.25, 0.3) is 12.7 Å². The van der Waals surface area contributed by atoms with Gasteiger partial charge in [0, 0.05) is 12.2 Å². The van der Waals surface area contributed by atoms with Crippen LogP contribution in [-0.4, -0.2) is 24.7 Å².